The van der Waals surface area contributed by atoms with Gasteiger partial charge in [-0.15, -0.1) is 0 Å². The third-order valence-electron chi connectivity index (χ3n) is 3.11. The Morgan fingerprint density at radius 1 is 1.19 bits per heavy atom. The summed E-state index contributed by atoms with van der Waals surface area (Å²) in [5.74, 6) is -1.06. The number of hydrogen-bond donors (Lipinski definition) is 0. The minimum atomic E-state index is -3.76. The Hall–Kier alpha value is -2.28. The lowest BCUT2D eigenvalue weighted by Crippen LogP contribution is -2.07. The first-order valence-corrected chi connectivity index (χ1v) is 7.68. The molecule has 0 N–H and O–H groups in total. The van der Waals surface area contributed by atoms with Gasteiger partial charge in [0, 0.05) is 11.6 Å². The molecule has 0 aromatic heterocycles. The van der Waals surface area contributed by atoms with E-state index in [9.17, 15) is 22.9 Å². The fourth-order valence-corrected chi connectivity index (χ4v) is 3.44. The first kappa shape index (κ1) is 15.1. The van der Waals surface area contributed by atoms with Crippen LogP contribution >= 0.6 is 0 Å². The molecule has 0 spiro atoms. The van der Waals surface area contributed by atoms with Crippen LogP contribution in [-0.4, -0.2) is 13.3 Å². The van der Waals surface area contributed by atoms with Gasteiger partial charge in [0.2, 0.25) is 0 Å². The molecule has 0 saturated heterocycles. The molecule has 110 valence electrons. The summed E-state index contributed by atoms with van der Waals surface area (Å²) in [6.45, 7) is 1.49. The first-order valence-electron chi connectivity index (χ1n) is 6.02. The van der Waals surface area contributed by atoms with E-state index in [-0.39, 0.29) is 10.6 Å². The standard InChI is InChI=1S/C14H12FNO4S/c1-10-11(4-2-7-14(10)16(17)18)9-21(19,20)13-6-3-5-12(15)8-13/h2-8H,9H2,1H3. The Morgan fingerprint density at radius 3 is 2.48 bits per heavy atom. The number of sulfone groups is 1. The van der Waals surface area contributed by atoms with Crippen LogP contribution in [0.5, 0.6) is 0 Å². The molecule has 0 saturated carbocycles. The highest BCUT2D eigenvalue weighted by molar-refractivity contribution is 7.90. The van der Waals surface area contributed by atoms with Crippen molar-refractivity contribution in [1.29, 1.82) is 0 Å². The molecule has 0 aliphatic carbocycles. The molecule has 0 amide bonds. The topological polar surface area (TPSA) is 77.3 Å². The Bertz CT molecular complexity index is 802. The van der Waals surface area contributed by atoms with E-state index in [1.807, 2.05) is 0 Å². The average molecular weight is 309 g/mol. The number of rotatable bonds is 4. The number of halogens is 1. The highest BCUT2D eigenvalue weighted by atomic mass is 32.2. The fourth-order valence-electron chi connectivity index (χ4n) is 1.97. The molecule has 0 fully saturated rings. The number of nitro benzene ring substituents is 1. The number of hydrogen-bond acceptors (Lipinski definition) is 4. The van der Waals surface area contributed by atoms with Gasteiger partial charge in [-0.05, 0) is 30.7 Å². The molecule has 21 heavy (non-hydrogen) atoms. The van der Waals surface area contributed by atoms with Gasteiger partial charge in [0.05, 0.1) is 15.6 Å². The van der Waals surface area contributed by atoms with Crippen molar-refractivity contribution in [2.24, 2.45) is 0 Å². The van der Waals surface area contributed by atoms with Gasteiger partial charge < -0.3 is 0 Å². The van der Waals surface area contributed by atoms with Crippen LogP contribution in [-0.2, 0) is 15.6 Å². The molecule has 0 unspecified atom stereocenters. The zero-order chi connectivity index (χ0) is 15.6. The smallest absolute Gasteiger partial charge is 0.258 e. The van der Waals surface area contributed by atoms with Crippen molar-refractivity contribution in [2.75, 3.05) is 0 Å². The fraction of sp³-hybridized carbons (Fsp3) is 0.143. The van der Waals surface area contributed by atoms with Crippen LogP contribution in [0.15, 0.2) is 47.4 Å². The Kier molecular flexibility index (Phi) is 4.04. The van der Waals surface area contributed by atoms with Crippen molar-refractivity contribution in [3.8, 4) is 0 Å². The first-order chi connectivity index (χ1) is 9.81. The Morgan fingerprint density at radius 2 is 1.86 bits per heavy atom. The van der Waals surface area contributed by atoms with Crippen LogP contribution in [0, 0.1) is 22.9 Å². The summed E-state index contributed by atoms with van der Waals surface area (Å²) in [5.41, 5.74) is 0.484. The predicted octanol–water partition coefficient (Wildman–Crippen LogP) is 3.02. The third-order valence-corrected chi connectivity index (χ3v) is 4.78. The number of benzene rings is 2. The lowest BCUT2D eigenvalue weighted by atomic mass is 10.1. The maximum atomic E-state index is 13.1. The zero-order valence-corrected chi connectivity index (χ0v) is 11.9. The highest BCUT2D eigenvalue weighted by Gasteiger charge is 2.20. The van der Waals surface area contributed by atoms with E-state index in [0.29, 0.717) is 11.1 Å². The summed E-state index contributed by atoms with van der Waals surface area (Å²) in [5, 5.41) is 10.9. The van der Waals surface area contributed by atoms with E-state index in [1.165, 1.54) is 37.3 Å². The lowest BCUT2D eigenvalue weighted by molar-refractivity contribution is -0.385. The van der Waals surface area contributed by atoms with E-state index in [4.69, 9.17) is 0 Å². The van der Waals surface area contributed by atoms with Gasteiger partial charge in [0.15, 0.2) is 9.84 Å². The molecular formula is C14H12FNO4S. The molecule has 0 bridgehead atoms. The van der Waals surface area contributed by atoms with Crippen LogP contribution in [0.2, 0.25) is 0 Å². The normalized spacial score (nSPS) is 11.3. The van der Waals surface area contributed by atoms with Crippen molar-refractivity contribution >= 4 is 15.5 Å². The highest BCUT2D eigenvalue weighted by Crippen LogP contribution is 2.25. The molecule has 0 atom stereocenters. The van der Waals surface area contributed by atoms with E-state index >= 15 is 0 Å². The molecule has 2 rings (SSSR count). The third kappa shape index (κ3) is 3.25. The number of nitro groups is 1. The quantitative estimate of drug-likeness (QED) is 0.642. The maximum Gasteiger partial charge on any atom is 0.272 e. The van der Waals surface area contributed by atoms with Crippen molar-refractivity contribution in [3.05, 3.63) is 69.5 Å². The van der Waals surface area contributed by atoms with Gasteiger partial charge >= 0.3 is 0 Å². The Labute approximate surface area is 121 Å². The summed E-state index contributed by atoms with van der Waals surface area (Å²) in [7, 11) is -3.76. The van der Waals surface area contributed by atoms with Crippen LogP contribution in [0.25, 0.3) is 0 Å². The van der Waals surface area contributed by atoms with Crippen molar-refractivity contribution in [3.63, 3.8) is 0 Å². The van der Waals surface area contributed by atoms with Crippen LogP contribution in [0.1, 0.15) is 11.1 Å². The molecule has 7 heteroatoms. The summed E-state index contributed by atoms with van der Waals surface area (Å²) in [4.78, 5) is 10.2. The largest absolute Gasteiger partial charge is 0.272 e. The molecular weight excluding hydrogens is 297 g/mol. The summed E-state index contributed by atoms with van der Waals surface area (Å²) < 4.78 is 37.6. The summed E-state index contributed by atoms with van der Waals surface area (Å²) in [6.07, 6.45) is 0. The molecule has 0 aliphatic heterocycles. The number of nitrogens with zero attached hydrogens (tertiary/aromatic N) is 1. The van der Waals surface area contributed by atoms with Crippen LogP contribution in [0.3, 0.4) is 0 Å². The van der Waals surface area contributed by atoms with Gasteiger partial charge in [-0.1, -0.05) is 18.2 Å². The molecule has 0 heterocycles. The molecule has 0 radical (unpaired) electrons. The molecule has 2 aromatic rings. The van der Waals surface area contributed by atoms with Gasteiger partial charge in [-0.25, -0.2) is 12.8 Å². The predicted molar refractivity (Wildman–Crippen MR) is 75.1 cm³/mol. The van der Waals surface area contributed by atoms with Crippen molar-refractivity contribution in [2.45, 2.75) is 17.6 Å². The van der Waals surface area contributed by atoms with E-state index in [0.717, 1.165) is 12.1 Å². The average Bonchev–Trinajstić information content (AvgIpc) is 2.40. The molecule has 5 nitrogen and oxygen atoms in total. The molecule has 2 aromatic carbocycles. The van der Waals surface area contributed by atoms with E-state index in [2.05, 4.69) is 0 Å². The van der Waals surface area contributed by atoms with E-state index in [1.54, 1.807) is 0 Å². The lowest BCUT2D eigenvalue weighted by Gasteiger charge is -2.08. The van der Waals surface area contributed by atoms with Crippen molar-refractivity contribution < 1.29 is 17.7 Å². The SMILES string of the molecule is Cc1c(CS(=O)(=O)c2cccc(F)c2)cccc1[N+](=O)[O-]. The zero-order valence-electron chi connectivity index (χ0n) is 11.1. The van der Waals surface area contributed by atoms with Gasteiger partial charge in [0.25, 0.3) is 5.69 Å². The second-order valence-electron chi connectivity index (χ2n) is 4.53. The summed E-state index contributed by atoms with van der Waals surface area (Å²) in [6, 6.07) is 8.95. The van der Waals surface area contributed by atoms with Crippen molar-refractivity contribution in [1.82, 2.24) is 0 Å². The van der Waals surface area contributed by atoms with E-state index < -0.39 is 26.3 Å². The van der Waals surface area contributed by atoms with Crippen LogP contribution < -0.4 is 0 Å². The maximum absolute atomic E-state index is 13.1. The molecule has 0 aliphatic rings. The summed E-state index contributed by atoms with van der Waals surface area (Å²) >= 11 is 0. The van der Waals surface area contributed by atoms with Gasteiger partial charge in [-0.2, -0.15) is 0 Å². The second kappa shape index (κ2) is 5.61. The minimum absolute atomic E-state index is 0.137. The van der Waals surface area contributed by atoms with Gasteiger partial charge in [-0.3, -0.25) is 10.1 Å². The van der Waals surface area contributed by atoms with Crippen LogP contribution in [0.4, 0.5) is 10.1 Å². The second-order valence-corrected chi connectivity index (χ2v) is 6.52. The Balaban J connectivity index is 2.42. The minimum Gasteiger partial charge on any atom is -0.258 e. The van der Waals surface area contributed by atoms with Gasteiger partial charge in [0.1, 0.15) is 5.82 Å². The monoisotopic (exact) mass is 309 g/mol.